The zero-order chi connectivity index (χ0) is 13.9. The smallest absolute Gasteiger partial charge is 0.251 e. The van der Waals surface area contributed by atoms with Crippen LogP contribution in [0.2, 0.25) is 0 Å². The summed E-state index contributed by atoms with van der Waals surface area (Å²) in [6.45, 7) is 1.59. The fourth-order valence-electron chi connectivity index (χ4n) is 2.65. The lowest BCUT2D eigenvalue weighted by atomic mass is 9.82. The third-order valence-electron chi connectivity index (χ3n) is 3.91. The second kappa shape index (κ2) is 5.70. The molecule has 1 aliphatic carbocycles. The van der Waals surface area contributed by atoms with Gasteiger partial charge in [0.25, 0.3) is 5.91 Å². The van der Waals surface area contributed by atoms with E-state index in [2.05, 4.69) is 5.32 Å². The Kier molecular flexibility index (Phi) is 4.20. The van der Waals surface area contributed by atoms with Crippen LogP contribution >= 0.6 is 0 Å². The van der Waals surface area contributed by atoms with Gasteiger partial charge in [-0.3, -0.25) is 4.79 Å². The molecule has 19 heavy (non-hydrogen) atoms. The van der Waals surface area contributed by atoms with E-state index in [0.717, 1.165) is 32.1 Å². The van der Waals surface area contributed by atoms with E-state index in [1.54, 1.807) is 13.0 Å². The molecule has 2 rings (SSSR count). The topological polar surface area (TPSA) is 49.3 Å². The zero-order valence-corrected chi connectivity index (χ0v) is 11.2. The molecule has 0 aromatic heterocycles. The molecule has 1 aromatic carbocycles. The largest absolute Gasteiger partial charge is 0.394 e. The Morgan fingerprint density at radius 2 is 2.05 bits per heavy atom. The zero-order valence-electron chi connectivity index (χ0n) is 11.2. The molecule has 1 aromatic rings. The molecule has 0 heterocycles. The number of carbonyl (C=O) groups is 1. The second-order valence-electron chi connectivity index (χ2n) is 5.42. The number of hydrogen-bond donors (Lipinski definition) is 2. The molecular weight excluding hydrogens is 245 g/mol. The quantitative estimate of drug-likeness (QED) is 0.882. The third-order valence-corrected chi connectivity index (χ3v) is 3.91. The Bertz CT molecular complexity index is 467. The van der Waals surface area contributed by atoms with Crippen molar-refractivity contribution >= 4 is 5.91 Å². The van der Waals surface area contributed by atoms with Gasteiger partial charge in [0.15, 0.2) is 0 Å². The van der Waals surface area contributed by atoms with E-state index < -0.39 is 5.54 Å². The van der Waals surface area contributed by atoms with E-state index in [1.807, 2.05) is 0 Å². The highest BCUT2D eigenvalue weighted by molar-refractivity contribution is 5.94. The number of carbonyl (C=O) groups excluding carboxylic acids is 1. The van der Waals surface area contributed by atoms with Gasteiger partial charge >= 0.3 is 0 Å². The van der Waals surface area contributed by atoms with Crippen molar-refractivity contribution in [3.05, 3.63) is 35.1 Å². The second-order valence-corrected chi connectivity index (χ2v) is 5.42. The first-order chi connectivity index (χ1) is 9.06. The Morgan fingerprint density at radius 1 is 1.37 bits per heavy atom. The molecule has 3 nitrogen and oxygen atoms in total. The first-order valence-electron chi connectivity index (χ1n) is 6.76. The van der Waals surface area contributed by atoms with Crippen molar-refractivity contribution in [2.24, 2.45) is 0 Å². The highest BCUT2D eigenvalue weighted by Crippen LogP contribution is 2.28. The molecule has 1 saturated carbocycles. The molecule has 0 aliphatic heterocycles. The Labute approximate surface area is 112 Å². The van der Waals surface area contributed by atoms with Gasteiger partial charge in [-0.1, -0.05) is 19.3 Å². The Morgan fingerprint density at radius 3 is 2.63 bits per heavy atom. The van der Waals surface area contributed by atoms with E-state index in [4.69, 9.17) is 0 Å². The number of nitrogens with one attached hydrogen (secondary N) is 1. The number of aryl methyl sites for hydroxylation is 1. The first kappa shape index (κ1) is 14.0. The maximum Gasteiger partial charge on any atom is 0.251 e. The van der Waals surface area contributed by atoms with Crippen LogP contribution in [0.5, 0.6) is 0 Å². The van der Waals surface area contributed by atoms with Gasteiger partial charge in [-0.2, -0.15) is 0 Å². The van der Waals surface area contributed by atoms with E-state index >= 15 is 0 Å². The van der Waals surface area contributed by atoms with Crippen LogP contribution in [0.15, 0.2) is 18.2 Å². The van der Waals surface area contributed by atoms with Gasteiger partial charge in [0.1, 0.15) is 5.82 Å². The third kappa shape index (κ3) is 3.13. The SMILES string of the molecule is Cc1cc(C(=O)NC2(CO)CCCCC2)ccc1F. The van der Waals surface area contributed by atoms with Crippen molar-refractivity contribution in [2.45, 2.75) is 44.6 Å². The molecule has 1 amide bonds. The van der Waals surface area contributed by atoms with E-state index in [0.29, 0.717) is 11.1 Å². The van der Waals surface area contributed by atoms with Gasteiger partial charge in [0, 0.05) is 5.56 Å². The van der Waals surface area contributed by atoms with Crippen LogP contribution in [0.1, 0.15) is 48.0 Å². The van der Waals surface area contributed by atoms with Gasteiger partial charge in [0.05, 0.1) is 12.1 Å². The van der Waals surface area contributed by atoms with Crippen LogP contribution in [0.4, 0.5) is 4.39 Å². The highest BCUT2D eigenvalue weighted by Gasteiger charge is 2.33. The number of aliphatic hydroxyl groups is 1. The fourth-order valence-corrected chi connectivity index (χ4v) is 2.65. The predicted octanol–water partition coefficient (Wildman–Crippen LogP) is 2.56. The van der Waals surface area contributed by atoms with Crippen LogP contribution < -0.4 is 5.32 Å². The number of rotatable bonds is 3. The molecule has 0 spiro atoms. The lowest BCUT2D eigenvalue weighted by molar-refractivity contribution is 0.0758. The van der Waals surface area contributed by atoms with Gasteiger partial charge in [0.2, 0.25) is 0 Å². The molecule has 0 bridgehead atoms. The molecule has 1 aliphatic rings. The van der Waals surface area contributed by atoms with Crippen LogP contribution in [0.25, 0.3) is 0 Å². The molecule has 2 N–H and O–H groups in total. The Balaban J connectivity index is 2.12. The van der Waals surface area contributed by atoms with E-state index in [-0.39, 0.29) is 18.3 Å². The number of hydrogen-bond acceptors (Lipinski definition) is 2. The van der Waals surface area contributed by atoms with Crippen molar-refractivity contribution in [1.82, 2.24) is 5.32 Å². The highest BCUT2D eigenvalue weighted by atomic mass is 19.1. The van der Waals surface area contributed by atoms with Crippen LogP contribution in [0.3, 0.4) is 0 Å². The lowest BCUT2D eigenvalue weighted by Gasteiger charge is -2.36. The number of aliphatic hydroxyl groups excluding tert-OH is 1. The predicted molar refractivity (Wildman–Crippen MR) is 71.5 cm³/mol. The maximum atomic E-state index is 13.2. The van der Waals surface area contributed by atoms with Crippen LogP contribution in [-0.4, -0.2) is 23.2 Å². The van der Waals surface area contributed by atoms with Crippen molar-refractivity contribution < 1.29 is 14.3 Å². The number of halogens is 1. The van der Waals surface area contributed by atoms with Gasteiger partial charge in [-0.05, 0) is 43.5 Å². The Hall–Kier alpha value is -1.42. The number of benzene rings is 1. The summed E-state index contributed by atoms with van der Waals surface area (Å²) in [7, 11) is 0. The standard InChI is InChI=1S/C15H20FNO2/c1-11-9-12(5-6-13(11)16)14(19)17-15(10-18)7-3-2-4-8-15/h5-6,9,18H,2-4,7-8,10H2,1H3,(H,17,19). The fraction of sp³-hybridized carbons (Fsp3) is 0.533. The normalized spacial score (nSPS) is 18.1. The molecule has 0 radical (unpaired) electrons. The molecule has 0 unspecified atom stereocenters. The van der Waals surface area contributed by atoms with E-state index in [1.165, 1.54) is 12.1 Å². The van der Waals surface area contributed by atoms with Crippen LogP contribution in [0, 0.1) is 12.7 Å². The van der Waals surface area contributed by atoms with E-state index in [9.17, 15) is 14.3 Å². The summed E-state index contributed by atoms with van der Waals surface area (Å²) in [6, 6.07) is 4.32. The summed E-state index contributed by atoms with van der Waals surface area (Å²) in [5.41, 5.74) is 0.393. The summed E-state index contributed by atoms with van der Waals surface area (Å²) in [6.07, 6.45) is 4.78. The van der Waals surface area contributed by atoms with Gasteiger partial charge < -0.3 is 10.4 Å². The van der Waals surface area contributed by atoms with Crippen molar-refractivity contribution in [3.8, 4) is 0 Å². The summed E-state index contributed by atoms with van der Waals surface area (Å²) in [4.78, 5) is 12.2. The first-order valence-corrected chi connectivity index (χ1v) is 6.76. The molecule has 0 saturated heterocycles. The van der Waals surface area contributed by atoms with Crippen molar-refractivity contribution in [1.29, 1.82) is 0 Å². The lowest BCUT2D eigenvalue weighted by Crippen LogP contribution is -2.52. The molecule has 1 fully saturated rings. The summed E-state index contributed by atoms with van der Waals surface area (Å²) >= 11 is 0. The summed E-state index contributed by atoms with van der Waals surface area (Å²) in [5, 5.41) is 12.5. The molecule has 104 valence electrons. The van der Waals surface area contributed by atoms with Crippen LogP contribution in [-0.2, 0) is 0 Å². The maximum absolute atomic E-state index is 13.2. The molecular formula is C15H20FNO2. The average molecular weight is 265 g/mol. The summed E-state index contributed by atoms with van der Waals surface area (Å²) in [5.74, 6) is -0.551. The minimum atomic E-state index is -0.502. The van der Waals surface area contributed by atoms with Crippen molar-refractivity contribution in [3.63, 3.8) is 0 Å². The van der Waals surface area contributed by atoms with Gasteiger partial charge in [-0.25, -0.2) is 4.39 Å². The molecule has 0 atom stereocenters. The molecule has 4 heteroatoms. The minimum Gasteiger partial charge on any atom is -0.394 e. The monoisotopic (exact) mass is 265 g/mol. The number of amides is 1. The van der Waals surface area contributed by atoms with Crippen molar-refractivity contribution in [2.75, 3.05) is 6.61 Å². The van der Waals surface area contributed by atoms with Gasteiger partial charge in [-0.15, -0.1) is 0 Å². The average Bonchev–Trinajstić information content (AvgIpc) is 2.43. The summed E-state index contributed by atoms with van der Waals surface area (Å²) < 4.78 is 13.2. The minimum absolute atomic E-state index is 0.0427.